The van der Waals surface area contributed by atoms with Gasteiger partial charge < -0.3 is 20.1 Å². The van der Waals surface area contributed by atoms with Gasteiger partial charge in [0.25, 0.3) is 5.91 Å². The van der Waals surface area contributed by atoms with E-state index in [1.54, 1.807) is 0 Å². The van der Waals surface area contributed by atoms with Crippen molar-refractivity contribution in [3.8, 4) is 5.75 Å². The minimum atomic E-state index is -0.913. The summed E-state index contributed by atoms with van der Waals surface area (Å²) >= 11 is 0. The third kappa shape index (κ3) is 6.83. The first-order valence-corrected chi connectivity index (χ1v) is 12.9. The first-order valence-electron chi connectivity index (χ1n) is 12.9. The number of rotatable bonds is 5. The van der Waals surface area contributed by atoms with Gasteiger partial charge in [-0.15, -0.1) is 0 Å². The van der Waals surface area contributed by atoms with E-state index in [0.29, 0.717) is 52.4 Å². The molecule has 0 aromatic heterocycles. The minimum Gasteiger partial charge on any atom is -0.491 e. The number of ether oxygens (including phenoxy) is 2. The number of nitrogens with zero attached hydrogens (tertiary/aromatic N) is 1. The van der Waals surface area contributed by atoms with Gasteiger partial charge in [0.15, 0.2) is 5.60 Å². The minimum absolute atomic E-state index is 0.0204. The van der Waals surface area contributed by atoms with E-state index in [4.69, 9.17) is 9.47 Å². The highest BCUT2D eigenvalue weighted by molar-refractivity contribution is 5.86. The van der Waals surface area contributed by atoms with Crippen LogP contribution in [0, 0.1) is 0 Å². The van der Waals surface area contributed by atoms with E-state index in [9.17, 15) is 9.59 Å². The summed E-state index contributed by atoms with van der Waals surface area (Å²) in [6.45, 7) is 3.37. The van der Waals surface area contributed by atoms with Crippen molar-refractivity contribution in [3.05, 3.63) is 41.5 Å². The molecule has 1 aromatic rings. The number of carbonyl (C=O) groups excluding carboxylic acids is 2. The fraction of sp³-hybridized carbons (Fsp3) is 0.630. The average Bonchev–Trinajstić information content (AvgIpc) is 2.85. The summed E-state index contributed by atoms with van der Waals surface area (Å²) in [5.74, 6) is 0.823. The smallest absolute Gasteiger partial charge is 0.253 e. The predicted octanol–water partition coefficient (Wildman–Crippen LogP) is 2.99. The van der Waals surface area contributed by atoms with Crippen molar-refractivity contribution in [1.82, 2.24) is 15.5 Å². The Morgan fingerprint density at radius 3 is 2.88 bits per heavy atom. The molecule has 3 aliphatic rings. The first-order chi connectivity index (χ1) is 16.6. The Kier molecular flexibility index (Phi) is 8.99. The van der Waals surface area contributed by atoms with Crippen molar-refractivity contribution < 1.29 is 19.1 Å². The van der Waals surface area contributed by atoms with Crippen LogP contribution in [0.4, 0.5) is 0 Å². The zero-order chi connectivity index (χ0) is 23.6. The molecule has 0 saturated carbocycles. The lowest BCUT2D eigenvalue weighted by Crippen LogP contribution is -2.61. The van der Waals surface area contributed by atoms with Crippen LogP contribution in [-0.2, 0) is 20.7 Å². The lowest BCUT2D eigenvalue weighted by Gasteiger charge is -2.41. The van der Waals surface area contributed by atoms with Crippen molar-refractivity contribution in [2.75, 3.05) is 45.9 Å². The number of hydrogen-bond donors (Lipinski definition) is 2. The summed E-state index contributed by atoms with van der Waals surface area (Å²) in [6.07, 6.45) is 11.5. The zero-order valence-electron chi connectivity index (χ0n) is 20.3. The molecule has 0 radical (unpaired) electrons. The lowest BCUT2D eigenvalue weighted by atomic mass is 9.91. The predicted molar refractivity (Wildman–Crippen MR) is 132 cm³/mol. The molecule has 1 atom stereocenters. The highest BCUT2D eigenvalue weighted by Gasteiger charge is 2.43. The highest BCUT2D eigenvalue weighted by atomic mass is 16.5. The van der Waals surface area contributed by atoms with E-state index >= 15 is 0 Å². The molecule has 0 bridgehead atoms. The number of aryl methyl sites for hydroxylation is 1. The molecule has 1 aromatic carbocycles. The van der Waals surface area contributed by atoms with Gasteiger partial charge in [-0.3, -0.25) is 14.5 Å². The van der Waals surface area contributed by atoms with Gasteiger partial charge in [0.2, 0.25) is 5.91 Å². The van der Waals surface area contributed by atoms with Gasteiger partial charge in [0.05, 0.1) is 19.7 Å². The van der Waals surface area contributed by atoms with Gasteiger partial charge in [0, 0.05) is 19.6 Å². The number of carbonyl (C=O) groups is 2. The summed E-state index contributed by atoms with van der Waals surface area (Å²) in [7, 11) is 0. The molecule has 2 N–H and O–H groups in total. The summed E-state index contributed by atoms with van der Waals surface area (Å²) in [5.41, 5.74) is 1.76. The van der Waals surface area contributed by atoms with Crippen LogP contribution in [0.3, 0.4) is 0 Å². The summed E-state index contributed by atoms with van der Waals surface area (Å²) in [4.78, 5) is 27.9. The van der Waals surface area contributed by atoms with E-state index in [1.807, 2.05) is 18.2 Å². The van der Waals surface area contributed by atoms with Gasteiger partial charge in [-0.05, 0) is 69.4 Å². The van der Waals surface area contributed by atoms with Gasteiger partial charge in [-0.2, -0.15) is 0 Å². The highest BCUT2D eigenvalue weighted by Crippen LogP contribution is 2.27. The van der Waals surface area contributed by atoms with E-state index < -0.39 is 5.60 Å². The van der Waals surface area contributed by atoms with Crippen LogP contribution >= 0.6 is 0 Å². The Hall–Kier alpha value is -2.38. The fourth-order valence-electron chi connectivity index (χ4n) is 5.21. The average molecular weight is 470 g/mol. The van der Waals surface area contributed by atoms with Crippen molar-refractivity contribution >= 4 is 11.8 Å². The maximum Gasteiger partial charge on any atom is 0.253 e. The summed E-state index contributed by atoms with van der Waals surface area (Å²) in [6, 6.07) is 8.12. The van der Waals surface area contributed by atoms with E-state index in [-0.39, 0.29) is 11.8 Å². The second kappa shape index (κ2) is 12.4. The van der Waals surface area contributed by atoms with Crippen molar-refractivity contribution in [2.45, 2.75) is 63.4 Å². The molecule has 34 heavy (non-hydrogen) atoms. The molecule has 1 fully saturated rings. The zero-order valence-corrected chi connectivity index (χ0v) is 20.3. The molecule has 2 aliphatic heterocycles. The molecule has 4 rings (SSSR count). The molecule has 2 amide bonds. The molecular weight excluding hydrogens is 430 g/mol. The molecule has 1 saturated heterocycles. The van der Waals surface area contributed by atoms with E-state index in [0.717, 1.165) is 37.9 Å². The van der Waals surface area contributed by atoms with E-state index in [1.165, 1.54) is 30.4 Å². The number of amides is 2. The summed E-state index contributed by atoms with van der Waals surface area (Å²) < 4.78 is 12.0. The Labute approximate surface area is 203 Å². The number of benzene rings is 1. The molecular formula is C27H39N3O4. The number of para-hydroxylation sites is 1. The standard InChI is InChI=1S/C27H39N3O4/c31-25(28-15-13-22-8-2-1-3-9-22)20-30-17-19-34-27(21-30)14-7-6-11-23-10-4-5-12-24(23)33-18-16-29-26(27)32/h4-5,8,10,12H,1-3,6-7,9,11,13-21H2,(H,28,31)(H,29,32). The molecule has 1 aliphatic carbocycles. The third-order valence-corrected chi connectivity index (χ3v) is 7.09. The number of hydrogen-bond acceptors (Lipinski definition) is 5. The number of fused-ring (bicyclic) bond motifs is 1. The monoisotopic (exact) mass is 469 g/mol. The van der Waals surface area contributed by atoms with Gasteiger partial charge >= 0.3 is 0 Å². The molecule has 7 nitrogen and oxygen atoms in total. The topological polar surface area (TPSA) is 79.9 Å². The second-order valence-electron chi connectivity index (χ2n) is 9.68. The van der Waals surface area contributed by atoms with Crippen molar-refractivity contribution in [1.29, 1.82) is 0 Å². The number of allylic oxidation sites excluding steroid dienone is 1. The normalized spacial score (nSPS) is 24.6. The molecule has 2 heterocycles. The van der Waals surface area contributed by atoms with Crippen LogP contribution in [-0.4, -0.2) is 68.3 Å². The molecule has 1 spiro atoms. The van der Waals surface area contributed by atoms with Gasteiger partial charge in [-0.1, -0.05) is 29.8 Å². The van der Waals surface area contributed by atoms with Crippen molar-refractivity contribution in [3.63, 3.8) is 0 Å². The van der Waals surface area contributed by atoms with Crippen LogP contribution in [0.5, 0.6) is 5.75 Å². The Morgan fingerprint density at radius 1 is 1.12 bits per heavy atom. The molecule has 7 heteroatoms. The largest absolute Gasteiger partial charge is 0.491 e. The fourth-order valence-corrected chi connectivity index (χ4v) is 5.21. The van der Waals surface area contributed by atoms with Crippen LogP contribution in [0.25, 0.3) is 0 Å². The lowest BCUT2D eigenvalue weighted by molar-refractivity contribution is -0.163. The van der Waals surface area contributed by atoms with Crippen LogP contribution in [0.15, 0.2) is 35.9 Å². The maximum atomic E-state index is 13.2. The Balaban J connectivity index is 1.31. The van der Waals surface area contributed by atoms with Gasteiger partial charge in [-0.25, -0.2) is 0 Å². The number of morpholine rings is 1. The van der Waals surface area contributed by atoms with Crippen molar-refractivity contribution in [2.24, 2.45) is 0 Å². The Bertz CT molecular complexity index is 871. The van der Waals surface area contributed by atoms with Gasteiger partial charge in [0.1, 0.15) is 12.4 Å². The van der Waals surface area contributed by atoms with Crippen LogP contribution in [0.2, 0.25) is 0 Å². The summed E-state index contributed by atoms with van der Waals surface area (Å²) in [5, 5.41) is 6.08. The van der Waals surface area contributed by atoms with Crippen LogP contribution < -0.4 is 15.4 Å². The molecule has 186 valence electrons. The Morgan fingerprint density at radius 2 is 2.00 bits per heavy atom. The SMILES string of the molecule is O=C(CN1CCOC2(CCCCc3ccccc3OCCNC2=O)C1)NCCC1=CCCCC1. The van der Waals surface area contributed by atoms with E-state index in [2.05, 4.69) is 27.7 Å². The maximum absolute atomic E-state index is 13.2. The third-order valence-electron chi connectivity index (χ3n) is 7.09. The van der Waals surface area contributed by atoms with Crippen LogP contribution in [0.1, 0.15) is 56.9 Å². The first kappa shape index (κ1) is 24.7. The quantitative estimate of drug-likeness (QED) is 0.648. The molecule has 1 unspecified atom stereocenters. The second-order valence-corrected chi connectivity index (χ2v) is 9.68. The number of nitrogens with one attached hydrogen (secondary N) is 2.